The van der Waals surface area contributed by atoms with Crippen LogP contribution in [0.2, 0.25) is 0 Å². The molecule has 1 aromatic heterocycles. The molecule has 1 saturated heterocycles. The van der Waals surface area contributed by atoms with E-state index in [2.05, 4.69) is 5.10 Å². The van der Waals surface area contributed by atoms with E-state index in [4.69, 9.17) is 4.74 Å². The van der Waals surface area contributed by atoms with Crippen LogP contribution >= 0.6 is 0 Å². The van der Waals surface area contributed by atoms with Crippen LogP contribution in [0.4, 0.5) is 0 Å². The summed E-state index contributed by atoms with van der Waals surface area (Å²) in [6.45, 7) is 7.61. The lowest BCUT2D eigenvalue weighted by Crippen LogP contribution is -2.57. The van der Waals surface area contributed by atoms with E-state index in [0.717, 1.165) is 17.0 Å². The number of fused-ring (bicyclic) bond motifs is 1. The van der Waals surface area contributed by atoms with Crippen molar-refractivity contribution in [1.29, 1.82) is 0 Å². The number of benzene rings is 1. The summed E-state index contributed by atoms with van der Waals surface area (Å²) in [5.41, 5.74) is 2.90. The molecule has 3 heterocycles. The van der Waals surface area contributed by atoms with Crippen molar-refractivity contribution < 1.29 is 14.3 Å². The lowest BCUT2D eigenvalue weighted by atomic mass is 9.95. The molecule has 2 amide bonds. The highest BCUT2D eigenvalue weighted by Crippen LogP contribution is 2.33. The number of ether oxygens (including phenoxy) is 1. The summed E-state index contributed by atoms with van der Waals surface area (Å²) in [6, 6.07) is 11.3. The van der Waals surface area contributed by atoms with Gasteiger partial charge in [-0.1, -0.05) is 30.3 Å². The molecular weight excluding hydrogens is 356 g/mol. The van der Waals surface area contributed by atoms with Gasteiger partial charge in [0.2, 0.25) is 5.91 Å². The zero-order valence-corrected chi connectivity index (χ0v) is 16.5. The Morgan fingerprint density at radius 3 is 2.68 bits per heavy atom. The van der Waals surface area contributed by atoms with Crippen molar-refractivity contribution in [2.75, 3.05) is 13.2 Å². The number of morpholine rings is 1. The molecule has 28 heavy (non-hydrogen) atoms. The molecule has 7 heteroatoms. The van der Waals surface area contributed by atoms with E-state index in [0.29, 0.717) is 19.6 Å². The normalized spacial score (nSPS) is 22.5. The summed E-state index contributed by atoms with van der Waals surface area (Å²) in [7, 11) is 0. The van der Waals surface area contributed by atoms with Crippen LogP contribution in [0, 0.1) is 6.92 Å². The maximum Gasteiger partial charge on any atom is 0.254 e. The number of hydrogen-bond donors (Lipinski definition) is 0. The first-order chi connectivity index (χ1) is 13.5. The van der Waals surface area contributed by atoms with Crippen molar-refractivity contribution >= 4 is 11.8 Å². The second-order valence-corrected chi connectivity index (χ2v) is 7.74. The molecule has 0 saturated carbocycles. The lowest BCUT2D eigenvalue weighted by molar-refractivity contribution is -0.172. The highest BCUT2D eigenvalue weighted by Gasteiger charge is 2.44. The average molecular weight is 382 g/mol. The molecule has 4 rings (SSSR count). The summed E-state index contributed by atoms with van der Waals surface area (Å²) in [5, 5.41) is 4.46. The molecular formula is C21H26N4O3. The Hall–Kier alpha value is -2.67. The molecule has 0 spiro atoms. The summed E-state index contributed by atoms with van der Waals surface area (Å²) in [5.74, 6) is -0.155. The Balaban J connectivity index is 1.64. The van der Waals surface area contributed by atoms with Gasteiger partial charge in [-0.2, -0.15) is 5.10 Å². The lowest BCUT2D eigenvalue weighted by Gasteiger charge is -2.44. The van der Waals surface area contributed by atoms with Gasteiger partial charge in [0.05, 0.1) is 30.5 Å². The van der Waals surface area contributed by atoms with Gasteiger partial charge in [0.1, 0.15) is 6.61 Å². The minimum Gasteiger partial charge on any atom is -0.356 e. The Bertz CT molecular complexity index is 877. The van der Waals surface area contributed by atoms with Crippen LogP contribution in [0.5, 0.6) is 0 Å². The number of carbonyl (C=O) groups is 2. The minimum absolute atomic E-state index is 0.0256. The van der Waals surface area contributed by atoms with Crippen LogP contribution in [0.25, 0.3) is 0 Å². The van der Waals surface area contributed by atoms with Gasteiger partial charge in [0.15, 0.2) is 6.10 Å². The Labute approximate surface area is 164 Å². The van der Waals surface area contributed by atoms with Crippen LogP contribution in [-0.4, -0.2) is 56.7 Å². The molecule has 0 radical (unpaired) electrons. The van der Waals surface area contributed by atoms with Gasteiger partial charge in [-0.25, -0.2) is 0 Å². The number of aromatic nitrogens is 2. The topological polar surface area (TPSA) is 67.7 Å². The smallest absolute Gasteiger partial charge is 0.254 e. The fraction of sp³-hybridized carbons (Fsp3) is 0.476. The first kappa shape index (κ1) is 18.7. The average Bonchev–Trinajstić information content (AvgIpc) is 3.06. The van der Waals surface area contributed by atoms with Gasteiger partial charge >= 0.3 is 0 Å². The fourth-order valence-electron chi connectivity index (χ4n) is 4.21. The molecule has 1 fully saturated rings. The molecule has 2 atom stereocenters. The Morgan fingerprint density at radius 2 is 1.96 bits per heavy atom. The number of nitrogens with zero attached hydrogens (tertiary/aromatic N) is 4. The second-order valence-electron chi connectivity index (χ2n) is 7.74. The van der Waals surface area contributed by atoms with Crippen molar-refractivity contribution in [2.24, 2.45) is 0 Å². The molecule has 1 aromatic carbocycles. The van der Waals surface area contributed by atoms with E-state index >= 15 is 0 Å². The third-order valence-electron chi connectivity index (χ3n) is 5.43. The molecule has 148 valence electrons. The maximum absolute atomic E-state index is 13.5. The van der Waals surface area contributed by atoms with E-state index < -0.39 is 12.1 Å². The Kier molecular flexibility index (Phi) is 4.93. The predicted octanol–water partition coefficient (Wildman–Crippen LogP) is 1.91. The van der Waals surface area contributed by atoms with E-state index in [1.807, 2.05) is 66.8 Å². The van der Waals surface area contributed by atoms with Crippen LogP contribution in [0.15, 0.2) is 36.4 Å². The molecule has 7 nitrogen and oxygen atoms in total. The zero-order chi connectivity index (χ0) is 19.8. The SMILES string of the molecule is Cc1cc2n(n1)CCN(C(=O)[C@H]1OCC(=O)N(C(C)C)[C@@H]1c1ccccc1)C2. The summed E-state index contributed by atoms with van der Waals surface area (Å²) in [4.78, 5) is 29.7. The number of aryl methyl sites for hydroxylation is 1. The third-order valence-corrected chi connectivity index (χ3v) is 5.43. The zero-order valence-electron chi connectivity index (χ0n) is 16.5. The second kappa shape index (κ2) is 7.39. The summed E-state index contributed by atoms with van der Waals surface area (Å²) < 4.78 is 7.80. The first-order valence-corrected chi connectivity index (χ1v) is 9.75. The molecule has 2 aliphatic rings. The van der Waals surface area contributed by atoms with E-state index in [-0.39, 0.29) is 24.5 Å². The quantitative estimate of drug-likeness (QED) is 0.813. The molecule has 2 aromatic rings. The van der Waals surface area contributed by atoms with Gasteiger partial charge in [-0.15, -0.1) is 0 Å². The summed E-state index contributed by atoms with van der Waals surface area (Å²) >= 11 is 0. The maximum atomic E-state index is 13.5. The van der Waals surface area contributed by atoms with Crippen molar-refractivity contribution in [3.8, 4) is 0 Å². The predicted molar refractivity (Wildman–Crippen MR) is 103 cm³/mol. The minimum atomic E-state index is -0.710. The number of carbonyl (C=O) groups excluding carboxylic acids is 2. The monoisotopic (exact) mass is 382 g/mol. The molecule has 2 aliphatic heterocycles. The molecule has 0 bridgehead atoms. The Morgan fingerprint density at radius 1 is 1.21 bits per heavy atom. The van der Waals surface area contributed by atoms with Crippen molar-refractivity contribution in [2.45, 2.75) is 52.0 Å². The van der Waals surface area contributed by atoms with Crippen LogP contribution in [0.1, 0.15) is 36.8 Å². The number of hydrogen-bond acceptors (Lipinski definition) is 4. The van der Waals surface area contributed by atoms with E-state index in [9.17, 15) is 9.59 Å². The van der Waals surface area contributed by atoms with Gasteiger partial charge in [-0.3, -0.25) is 14.3 Å². The number of rotatable bonds is 3. The van der Waals surface area contributed by atoms with Gasteiger partial charge in [0, 0.05) is 12.6 Å². The highest BCUT2D eigenvalue weighted by molar-refractivity contribution is 5.86. The largest absolute Gasteiger partial charge is 0.356 e. The summed E-state index contributed by atoms with van der Waals surface area (Å²) in [6.07, 6.45) is -0.710. The fourth-order valence-corrected chi connectivity index (χ4v) is 4.21. The van der Waals surface area contributed by atoms with Crippen molar-refractivity contribution in [3.63, 3.8) is 0 Å². The van der Waals surface area contributed by atoms with Crippen molar-refractivity contribution in [3.05, 3.63) is 53.3 Å². The first-order valence-electron chi connectivity index (χ1n) is 9.75. The van der Waals surface area contributed by atoms with Gasteiger partial charge < -0.3 is 14.5 Å². The number of amides is 2. The van der Waals surface area contributed by atoms with Crippen molar-refractivity contribution in [1.82, 2.24) is 19.6 Å². The van der Waals surface area contributed by atoms with Gasteiger partial charge in [-0.05, 0) is 32.4 Å². The third kappa shape index (κ3) is 3.30. The van der Waals surface area contributed by atoms with Crippen LogP contribution < -0.4 is 0 Å². The molecule has 0 unspecified atom stereocenters. The molecule has 0 aliphatic carbocycles. The van der Waals surface area contributed by atoms with E-state index in [1.165, 1.54) is 0 Å². The molecule has 0 N–H and O–H groups in total. The van der Waals surface area contributed by atoms with E-state index in [1.54, 1.807) is 4.90 Å². The standard InChI is InChI=1S/C21H26N4O3/c1-14(2)25-18(26)13-28-20(19(25)16-7-5-4-6-8-16)21(27)23-9-10-24-17(12-23)11-15(3)22-24/h4-8,11,14,19-20H,9-10,12-13H2,1-3H3/t19-,20+/m1/s1. The van der Waals surface area contributed by atoms with Crippen LogP contribution in [0.3, 0.4) is 0 Å². The van der Waals surface area contributed by atoms with Crippen LogP contribution in [-0.2, 0) is 27.4 Å². The van der Waals surface area contributed by atoms with Gasteiger partial charge in [0.25, 0.3) is 5.91 Å². The highest BCUT2D eigenvalue weighted by atomic mass is 16.5.